The summed E-state index contributed by atoms with van der Waals surface area (Å²) >= 11 is 1.26. The smallest absolute Gasteiger partial charge is 0.176 e. The van der Waals surface area contributed by atoms with Gasteiger partial charge in [0.25, 0.3) is 0 Å². The molecule has 0 amide bonds. The first kappa shape index (κ1) is 7.49. The molecule has 0 bridgehead atoms. The third kappa shape index (κ3) is 1.04. The lowest BCUT2D eigenvalue weighted by Gasteiger charge is -2.11. The number of carbonyl (C=O) groups is 2. The molecule has 1 aromatic rings. The molecule has 1 aromatic heterocycles. The highest BCUT2D eigenvalue weighted by Gasteiger charge is 2.19. The Labute approximate surface area is 73.4 Å². The minimum absolute atomic E-state index is 0.141. The van der Waals surface area contributed by atoms with Crippen molar-refractivity contribution in [1.82, 2.24) is 0 Å². The van der Waals surface area contributed by atoms with E-state index in [2.05, 4.69) is 5.32 Å². The largest absolute Gasteiger partial charge is 0.383 e. The third-order valence-corrected chi connectivity index (χ3v) is 2.89. The normalized spacial score (nSPS) is 15.2. The topological polar surface area (TPSA) is 46.2 Å². The number of ketones is 1. The molecule has 0 fully saturated rings. The molecule has 0 aliphatic carbocycles. The van der Waals surface area contributed by atoms with Gasteiger partial charge in [-0.05, 0) is 6.07 Å². The summed E-state index contributed by atoms with van der Waals surface area (Å²) in [4.78, 5) is 23.0. The van der Waals surface area contributed by atoms with Crippen molar-refractivity contribution in [1.29, 1.82) is 0 Å². The number of aldehydes is 1. The molecule has 0 saturated heterocycles. The Hall–Kier alpha value is -1.16. The van der Waals surface area contributed by atoms with Crippen LogP contribution in [0.15, 0.2) is 6.07 Å². The molecule has 0 saturated carbocycles. The molecule has 4 heteroatoms. The van der Waals surface area contributed by atoms with Gasteiger partial charge in [-0.15, -0.1) is 11.3 Å². The second-order valence-corrected chi connectivity index (χ2v) is 3.69. The summed E-state index contributed by atoms with van der Waals surface area (Å²) in [6.45, 7) is 0.681. The molecule has 0 spiro atoms. The lowest BCUT2D eigenvalue weighted by Crippen LogP contribution is -2.15. The SMILES string of the molecule is O=Cc1cc2c(s1)C(=O)CCN2. The van der Waals surface area contributed by atoms with E-state index in [1.165, 1.54) is 11.3 Å². The lowest BCUT2D eigenvalue weighted by molar-refractivity contribution is 0.0987. The van der Waals surface area contributed by atoms with Crippen LogP contribution in [-0.4, -0.2) is 18.6 Å². The highest BCUT2D eigenvalue weighted by Crippen LogP contribution is 2.29. The second-order valence-electron chi connectivity index (χ2n) is 2.61. The average Bonchev–Trinajstić information content (AvgIpc) is 2.49. The number of carbonyl (C=O) groups excluding carboxylic acids is 2. The van der Waals surface area contributed by atoms with Crippen LogP contribution in [0, 0.1) is 0 Å². The number of hydrogen-bond donors (Lipinski definition) is 1. The van der Waals surface area contributed by atoms with Gasteiger partial charge < -0.3 is 5.32 Å². The maximum absolute atomic E-state index is 11.3. The van der Waals surface area contributed by atoms with Crippen LogP contribution in [0.4, 0.5) is 5.69 Å². The molecule has 12 heavy (non-hydrogen) atoms. The molecule has 0 radical (unpaired) electrons. The zero-order chi connectivity index (χ0) is 8.55. The van der Waals surface area contributed by atoms with Crippen molar-refractivity contribution >= 4 is 29.1 Å². The fourth-order valence-electron chi connectivity index (χ4n) is 1.23. The molecule has 2 heterocycles. The number of thiophene rings is 1. The Kier molecular flexibility index (Phi) is 1.69. The molecule has 1 aliphatic rings. The van der Waals surface area contributed by atoms with Gasteiger partial charge in [-0.2, -0.15) is 0 Å². The molecule has 1 N–H and O–H groups in total. The predicted octanol–water partition coefficient (Wildman–Crippen LogP) is 1.56. The molecule has 0 atom stereocenters. The third-order valence-electron chi connectivity index (χ3n) is 1.79. The van der Waals surface area contributed by atoms with Gasteiger partial charge >= 0.3 is 0 Å². The van der Waals surface area contributed by atoms with Crippen LogP contribution in [0.1, 0.15) is 25.8 Å². The first-order valence-corrected chi connectivity index (χ1v) is 4.49. The predicted molar refractivity (Wildman–Crippen MR) is 47.1 cm³/mol. The summed E-state index contributed by atoms with van der Waals surface area (Å²) in [7, 11) is 0. The molecule has 62 valence electrons. The van der Waals surface area contributed by atoms with E-state index in [1.807, 2.05) is 0 Å². The number of hydrogen-bond acceptors (Lipinski definition) is 4. The van der Waals surface area contributed by atoms with Crippen LogP contribution in [-0.2, 0) is 0 Å². The summed E-state index contributed by atoms with van der Waals surface area (Å²) in [6.07, 6.45) is 1.31. The number of fused-ring (bicyclic) bond motifs is 1. The van der Waals surface area contributed by atoms with E-state index in [0.29, 0.717) is 22.7 Å². The first-order valence-electron chi connectivity index (χ1n) is 3.67. The van der Waals surface area contributed by atoms with Crippen LogP contribution in [0.25, 0.3) is 0 Å². The van der Waals surface area contributed by atoms with Crippen LogP contribution in [0.5, 0.6) is 0 Å². The van der Waals surface area contributed by atoms with Gasteiger partial charge in [0.15, 0.2) is 12.1 Å². The number of Topliss-reactive ketones (excluding diaryl/α,β-unsaturated/α-hetero) is 1. The zero-order valence-electron chi connectivity index (χ0n) is 6.29. The van der Waals surface area contributed by atoms with Crippen LogP contribution < -0.4 is 5.32 Å². The molecule has 3 nitrogen and oxygen atoms in total. The second kappa shape index (κ2) is 2.71. The monoisotopic (exact) mass is 181 g/mol. The Morgan fingerprint density at radius 1 is 1.58 bits per heavy atom. The van der Waals surface area contributed by atoms with Gasteiger partial charge in [0, 0.05) is 13.0 Å². The van der Waals surface area contributed by atoms with Crippen LogP contribution >= 0.6 is 11.3 Å². The first-order chi connectivity index (χ1) is 5.81. The Bertz CT molecular complexity index is 343. The Morgan fingerprint density at radius 3 is 3.08 bits per heavy atom. The van der Waals surface area contributed by atoms with E-state index < -0.39 is 0 Å². The molecular weight excluding hydrogens is 174 g/mol. The fourth-order valence-corrected chi connectivity index (χ4v) is 2.15. The van der Waals surface area contributed by atoms with Gasteiger partial charge in [-0.3, -0.25) is 9.59 Å². The summed E-state index contributed by atoms with van der Waals surface area (Å²) in [5, 5.41) is 3.08. The maximum atomic E-state index is 11.3. The van der Waals surface area contributed by atoms with Crippen molar-refractivity contribution in [2.75, 3.05) is 11.9 Å². The van der Waals surface area contributed by atoms with Crippen molar-refractivity contribution in [3.63, 3.8) is 0 Å². The number of nitrogens with one attached hydrogen (secondary N) is 1. The van der Waals surface area contributed by atoms with E-state index in [-0.39, 0.29) is 5.78 Å². The lowest BCUT2D eigenvalue weighted by atomic mass is 10.1. The van der Waals surface area contributed by atoms with Gasteiger partial charge in [0.05, 0.1) is 15.4 Å². The van der Waals surface area contributed by atoms with Crippen molar-refractivity contribution < 1.29 is 9.59 Å². The van der Waals surface area contributed by atoms with Crippen LogP contribution in [0.2, 0.25) is 0 Å². The van der Waals surface area contributed by atoms with E-state index >= 15 is 0 Å². The van der Waals surface area contributed by atoms with Crippen LogP contribution in [0.3, 0.4) is 0 Å². The average molecular weight is 181 g/mol. The van der Waals surface area contributed by atoms with E-state index in [0.717, 1.165) is 12.0 Å². The van der Waals surface area contributed by atoms with Gasteiger partial charge in [-0.25, -0.2) is 0 Å². The molecule has 0 aromatic carbocycles. The van der Waals surface area contributed by atoms with Crippen molar-refractivity contribution in [3.8, 4) is 0 Å². The maximum Gasteiger partial charge on any atom is 0.176 e. The van der Waals surface area contributed by atoms with Crippen molar-refractivity contribution in [3.05, 3.63) is 15.8 Å². The molecule has 0 unspecified atom stereocenters. The fraction of sp³-hybridized carbons (Fsp3) is 0.250. The highest BCUT2D eigenvalue weighted by atomic mass is 32.1. The Balaban J connectivity index is 2.50. The number of anilines is 1. The summed E-state index contributed by atoms with van der Waals surface area (Å²) < 4.78 is 0. The number of rotatable bonds is 1. The Morgan fingerprint density at radius 2 is 2.42 bits per heavy atom. The minimum Gasteiger partial charge on any atom is -0.383 e. The van der Waals surface area contributed by atoms with E-state index in [4.69, 9.17) is 0 Å². The van der Waals surface area contributed by atoms with Gasteiger partial charge in [0.2, 0.25) is 0 Å². The summed E-state index contributed by atoms with van der Waals surface area (Å²) in [5.41, 5.74) is 0.818. The van der Waals surface area contributed by atoms with Crippen molar-refractivity contribution in [2.24, 2.45) is 0 Å². The van der Waals surface area contributed by atoms with Gasteiger partial charge in [-0.1, -0.05) is 0 Å². The van der Waals surface area contributed by atoms with E-state index in [1.54, 1.807) is 6.07 Å². The standard InChI is InChI=1S/C8H7NO2S/c10-4-5-3-6-8(12-5)7(11)1-2-9-6/h3-4,9H,1-2H2. The summed E-state index contributed by atoms with van der Waals surface area (Å²) in [5.74, 6) is 0.141. The molecule has 1 aliphatic heterocycles. The summed E-state index contributed by atoms with van der Waals surface area (Å²) in [6, 6.07) is 1.73. The van der Waals surface area contributed by atoms with Crippen molar-refractivity contribution in [2.45, 2.75) is 6.42 Å². The quantitative estimate of drug-likeness (QED) is 0.669. The van der Waals surface area contributed by atoms with E-state index in [9.17, 15) is 9.59 Å². The molecular formula is C8H7NO2S. The minimum atomic E-state index is 0.141. The highest BCUT2D eigenvalue weighted by molar-refractivity contribution is 7.16. The zero-order valence-corrected chi connectivity index (χ0v) is 7.11. The van der Waals surface area contributed by atoms with Gasteiger partial charge in [0.1, 0.15) is 0 Å². The molecule has 2 rings (SSSR count).